The minimum Gasteiger partial charge on any atom is -0.378 e. The fraction of sp³-hybridized carbons (Fsp3) is 0.562. The van der Waals surface area contributed by atoms with Gasteiger partial charge >= 0.3 is 0 Å². The number of nitro benzene ring substituents is 1. The lowest BCUT2D eigenvalue weighted by Crippen LogP contribution is -2.41. The molecule has 1 fully saturated rings. The summed E-state index contributed by atoms with van der Waals surface area (Å²) < 4.78 is 5.72. The first-order valence-electron chi connectivity index (χ1n) is 7.89. The molecule has 0 atom stereocenters. The normalized spacial score (nSPS) is 15.7. The Bertz CT molecular complexity index is 568. The molecule has 1 aromatic rings. The SMILES string of the molecule is Cc1ccc([N+](=O)[O-])cc1C(=O)N1CCC(OCCCN)CC1. The van der Waals surface area contributed by atoms with Crippen molar-refractivity contribution in [1.29, 1.82) is 0 Å². The second-order valence-electron chi connectivity index (χ2n) is 5.76. The van der Waals surface area contributed by atoms with Gasteiger partial charge in [-0.05, 0) is 38.3 Å². The van der Waals surface area contributed by atoms with Gasteiger partial charge in [0.2, 0.25) is 0 Å². The third-order valence-corrected chi connectivity index (χ3v) is 4.09. The Kier molecular flexibility index (Phi) is 6.06. The molecule has 0 saturated carbocycles. The number of benzene rings is 1. The van der Waals surface area contributed by atoms with Gasteiger partial charge in [-0.2, -0.15) is 0 Å². The summed E-state index contributed by atoms with van der Waals surface area (Å²) in [7, 11) is 0. The summed E-state index contributed by atoms with van der Waals surface area (Å²) in [6, 6.07) is 4.40. The molecule has 0 radical (unpaired) electrons. The third-order valence-electron chi connectivity index (χ3n) is 4.09. The number of likely N-dealkylation sites (tertiary alicyclic amines) is 1. The minimum atomic E-state index is -0.478. The summed E-state index contributed by atoms with van der Waals surface area (Å²) in [5, 5.41) is 10.9. The first-order valence-corrected chi connectivity index (χ1v) is 7.89. The number of nitrogens with zero attached hydrogens (tertiary/aromatic N) is 2. The van der Waals surface area contributed by atoms with Crippen LogP contribution in [0.15, 0.2) is 18.2 Å². The van der Waals surface area contributed by atoms with Crippen LogP contribution in [0, 0.1) is 17.0 Å². The summed E-state index contributed by atoms with van der Waals surface area (Å²) in [6.45, 7) is 4.27. The maximum absolute atomic E-state index is 12.6. The number of non-ortho nitro benzene ring substituents is 1. The number of nitrogens with two attached hydrogens (primary N) is 1. The largest absolute Gasteiger partial charge is 0.378 e. The number of piperidine rings is 1. The van der Waals surface area contributed by atoms with E-state index in [0.29, 0.717) is 31.8 Å². The monoisotopic (exact) mass is 321 g/mol. The van der Waals surface area contributed by atoms with E-state index in [4.69, 9.17) is 10.5 Å². The minimum absolute atomic E-state index is 0.0565. The summed E-state index contributed by atoms with van der Waals surface area (Å²) in [4.78, 5) is 24.8. The number of aryl methyl sites for hydroxylation is 1. The van der Waals surface area contributed by atoms with Crippen LogP contribution in [0.25, 0.3) is 0 Å². The Morgan fingerprint density at radius 1 is 1.43 bits per heavy atom. The van der Waals surface area contributed by atoms with Gasteiger partial charge in [-0.15, -0.1) is 0 Å². The van der Waals surface area contributed by atoms with Crippen molar-refractivity contribution in [2.75, 3.05) is 26.2 Å². The highest BCUT2D eigenvalue weighted by Crippen LogP contribution is 2.21. The van der Waals surface area contributed by atoms with Crippen molar-refractivity contribution < 1.29 is 14.5 Å². The number of carbonyl (C=O) groups excluding carboxylic acids is 1. The smallest absolute Gasteiger partial charge is 0.270 e. The van der Waals surface area contributed by atoms with Crippen molar-refractivity contribution in [2.24, 2.45) is 5.73 Å². The molecule has 126 valence electrons. The van der Waals surface area contributed by atoms with Crippen LogP contribution in [0.1, 0.15) is 35.2 Å². The highest BCUT2D eigenvalue weighted by Gasteiger charge is 2.25. The van der Waals surface area contributed by atoms with Crippen molar-refractivity contribution in [3.8, 4) is 0 Å². The van der Waals surface area contributed by atoms with E-state index in [-0.39, 0.29) is 17.7 Å². The lowest BCUT2D eigenvalue weighted by molar-refractivity contribution is -0.384. The van der Waals surface area contributed by atoms with E-state index >= 15 is 0 Å². The maximum Gasteiger partial charge on any atom is 0.270 e. The van der Waals surface area contributed by atoms with Gasteiger partial charge in [0.15, 0.2) is 0 Å². The van der Waals surface area contributed by atoms with Gasteiger partial charge in [-0.3, -0.25) is 14.9 Å². The van der Waals surface area contributed by atoms with E-state index in [2.05, 4.69) is 0 Å². The molecule has 1 aliphatic heterocycles. The summed E-state index contributed by atoms with van der Waals surface area (Å²) in [6.07, 6.45) is 2.57. The van der Waals surface area contributed by atoms with Crippen LogP contribution < -0.4 is 5.73 Å². The molecule has 2 rings (SSSR count). The van der Waals surface area contributed by atoms with E-state index in [1.165, 1.54) is 12.1 Å². The molecule has 1 amide bonds. The van der Waals surface area contributed by atoms with Gasteiger partial charge in [0.25, 0.3) is 11.6 Å². The van der Waals surface area contributed by atoms with Gasteiger partial charge in [0.05, 0.1) is 11.0 Å². The first-order chi connectivity index (χ1) is 11.0. The van der Waals surface area contributed by atoms with Crippen LogP contribution in [0.4, 0.5) is 5.69 Å². The van der Waals surface area contributed by atoms with Crippen LogP contribution in [-0.2, 0) is 4.74 Å². The molecule has 7 nitrogen and oxygen atoms in total. The highest BCUT2D eigenvalue weighted by atomic mass is 16.6. The molecule has 1 saturated heterocycles. The van der Waals surface area contributed by atoms with Crippen molar-refractivity contribution >= 4 is 11.6 Å². The molecule has 1 heterocycles. The number of ether oxygens (including phenoxy) is 1. The van der Waals surface area contributed by atoms with Crippen LogP contribution in [0.2, 0.25) is 0 Å². The molecule has 0 aliphatic carbocycles. The Morgan fingerprint density at radius 3 is 2.74 bits per heavy atom. The number of nitro groups is 1. The summed E-state index contributed by atoms with van der Waals surface area (Å²) in [5.74, 6) is -0.147. The van der Waals surface area contributed by atoms with E-state index in [1.54, 1.807) is 17.9 Å². The van der Waals surface area contributed by atoms with Gasteiger partial charge in [0.1, 0.15) is 0 Å². The molecule has 0 bridgehead atoms. The number of rotatable bonds is 6. The number of amides is 1. The average Bonchev–Trinajstić information content (AvgIpc) is 2.55. The van der Waals surface area contributed by atoms with E-state index in [1.807, 2.05) is 0 Å². The fourth-order valence-electron chi connectivity index (χ4n) is 2.68. The molecule has 0 unspecified atom stereocenters. The van der Waals surface area contributed by atoms with Gasteiger partial charge in [-0.25, -0.2) is 0 Å². The van der Waals surface area contributed by atoms with Gasteiger partial charge in [-0.1, -0.05) is 6.07 Å². The summed E-state index contributed by atoms with van der Waals surface area (Å²) >= 11 is 0. The number of carbonyl (C=O) groups is 1. The number of hydrogen-bond acceptors (Lipinski definition) is 5. The van der Waals surface area contributed by atoms with Crippen molar-refractivity contribution in [3.05, 3.63) is 39.4 Å². The zero-order valence-corrected chi connectivity index (χ0v) is 13.4. The molecular weight excluding hydrogens is 298 g/mol. The molecule has 1 aromatic carbocycles. The van der Waals surface area contributed by atoms with E-state index in [9.17, 15) is 14.9 Å². The van der Waals surface area contributed by atoms with Gasteiger partial charge in [0, 0.05) is 37.4 Å². The molecule has 23 heavy (non-hydrogen) atoms. The maximum atomic E-state index is 12.6. The lowest BCUT2D eigenvalue weighted by Gasteiger charge is -2.32. The van der Waals surface area contributed by atoms with Crippen LogP contribution >= 0.6 is 0 Å². The zero-order chi connectivity index (χ0) is 16.8. The second kappa shape index (κ2) is 8.03. The highest BCUT2D eigenvalue weighted by molar-refractivity contribution is 5.96. The van der Waals surface area contributed by atoms with Crippen LogP contribution in [-0.4, -0.2) is 48.1 Å². The molecular formula is C16H23N3O4. The molecule has 7 heteroatoms. The summed E-state index contributed by atoms with van der Waals surface area (Å²) in [5.41, 5.74) is 6.54. The van der Waals surface area contributed by atoms with Crippen LogP contribution in [0.3, 0.4) is 0 Å². The van der Waals surface area contributed by atoms with Gasteiger partial charge < -0.3 is 15.4 Å². The molecule has 1 aliphatic rings. The molecule has 0 aromatic heterocycles. The molecule has 2 N–H and O–H groups in total. The van der Waals surface area contributed by atoms with Crippen molar-refractivity contribution in [1.82, 2.24) is 4.90 Å². The Hall–Kier alpha value is -1.99. The fourth-order valence-corrected chi connectivity index (χ4v) is 2.68. The average molecular weight is 321 g/mol. The quantitative estimate of drug-likeness (QED) is 0.490. The Morgan fingerprint density at radius 2 is 2.13 bits per heavy atom. The Balaban J connectivity index is 1.97. The zero-order valence-electron chi connectivity index (χ0n) is 13.4. The van der Waals surface area contributed by atoms with E-state index < -0.39 is 4.92 Å². The number of hydrogen-bond donors (Lipinski definition) is 1. The van der Waals surface area contributed by atoms with Crippen molar-refractivity contribution in [2.45, 2.75) is 32.3 Å². The first kappa shape index (κ1) is 17.4. The Labute approximate surface area is 135 Å². The van der Waals surface area contributed by atoms with Crippen LogP contribution in [0.5, 0.6) is 0 Å². The topological polar surface area (TPSA) is 98.7 Å². The second-order valence-corrected chi connectivity index (χ2v) is 5.76. The van der Waals surface area contributed by atoms with Crippen molar-refractivity contribution in [3.63, 3.8) is 0 Å². The standard InChI is InChI=1S/C16H23N3O4/c1-12-3-4-13(19(21)22)11-15(12)16(20)18-8-5-14(6-9-18)23-10-2-7-17/h3-4,11,14H,2,5-10,17H2,1H3. The lowest BCUT2D eigenvalue weighted by atomic mass is 10.0. The predicted molar refractivity (Wildman–Crippen MR) is 86.4 cm³/mol. The molecule has 0 spiro atoms. The van der Waals surface area contributed by atoms with E-state index in [0.717, 1.165) is 24.8 Å². The third kappa shape index (κ3) is 4.49. The predicted octanol–water partition coefficient (Wildman–Crippen LogP) is 1.87.